The highest BCUT2D eigenvalue weighted by molar-refractivity contribution is 5.94. The average molecular weight is 694 g/mol. The molecular formula is C37H55N7O6. The first-order valence-corrected chi connectivity index (χ1v) is 17.6. The Balaban J connectivity index is 1.70. The van der Waals surface area contributed by atoms with Gasteiger partial charge in [-0.05, 0) is 75.1 Å². The summed E-state index contributed by atoms with van der Waals surface area (Å²) in [4.78, 5) is 67.4. The number of carboxylic acid groups (broad SMARTS) is 1. The van der Waals surface area contributed by atoms with Gasteiger partial charge >= 0.3 is 5.97 Å². The van der Waals surface area contributed by atoms with Crippen LogP contribution in [0, 0.1) is 5.92 Å². The number of nitrogens with one attached hydrogen (secondary N) is 4. The van der Waals surface area contributed by atoms with E-state index in [1.807, 2.05) is 74.5 Å². The van der Waals surface area contributed by atoms with Gasteiger partial charge in [-0.1, -0.05) is 74.5 Å². The molecule has 50 heavy (non-hydrogen) atoms. The number of rotatable bonds is 20. The minimum Gasteiger partial charge on any atom is -0.480 e. The standard InChI is InChI=1S/C37H55N7O6/c1-26(2)23-30(33(46)42-29(15-9-10-19-38)35(48)44-21-17-37(39,18-22-44)36(49)50)43-34(47)31(24-28-13-7-4-8-14-28)41-32(45)25-40-20-16-27-11-5-3-6-12-27/h3-8,11-14,26,29-31,40H,9-10,15-25,38-39H2,1-2H3,(H,41,45)(H,42,46)(H,43,47)(H,49,50). The molecule has 13 heteroatoms. The normalized spacial score (nSPS) is 15.8. The van der Waals surface area contributed by atoms with Gasteiger partial charge in [-0.15, -0.1) is 0 Å². The van der Waals surface area contributed by atoms with Crippen LogP contribution < -0.4 is 32.7 Å². The topological polar surface area (TPSA) is 209 Å². The highest BCUT2D eigenvalue weighted by Crippen LogP contribution is 2.21. The molecule has 3 atom stereocenters. The number of piperidine rings is 1. The number of carbonyl (C=O) groups excluding carboxylic acids is 4. The smallest absolute Gasteiger partial charge is 0.323 e. The van der Waals surface area contributed by atoms with Crippen molar-refractivity contribution in [2.75, 3.05) is 32.7 Å². The Kier molecular flexibility index (Phi) is 16.3. The molecule has 1 saturated heterocycles. The second-order valence-corrected chi connectivity index (χ2v) is 13.5. The molecule has 4 amide bonds. The van der Waals surface area contributed by atoms with Crippen molar-refractivity contribution in [1.82, 2.24) is 26.2 Å². The first-order valence-electron chi connectivity index (χ1n) is 17.6. The zero-order chi connectivity index (χ0) is 36.5. The molecule has 0 saturated carbocycles. The molecule has 1 heterocycles. The van der Waals surface area contributed by atoms with Crippen molar-refractivity contribution in [2.45, 2.75) is 88.9 Å². The Morgan fingerprint density at radius 3 is 1.98 bits per heavy atom. The van der Waals surface area contributed by atoms with Gasteiger partial charge in [0.05, 0.1) is 6.54 Å². The summed E-state index contributed by atoms with van der Waals surface area (Å²) in [6, 6.07) is 16.4. The Morgan fingerprint density at radius 2 is 1.40 bits per heavy atom. The summed E-state index contributed by atoms with van der Waals surface area (Å²) in [5, 5.41) is 21.2. The van der Waals surface area contributed by atoms with Crippen molar-refractivity contribution in [1.29, 1.82) is 0 Å². The molecule has 0 bridgehead atoms. The Morgan fingerprint density at radius 1 is 0.820 bits per heavy atom. The molecule has 274 valence electrons. The molecule has 3 unspecified atom stereocenters. The van der Waals surface area contributed by atoms with Gasteiger partial charge in [-0.25, -0.2) is 0 Å². The lowest BCUT2D eigenvalue weighted by Crippen LogP contribution is -2.60. The third-order valence-corrected chi connectivity index (χ3v) is 8.95. The van der Waals surface area contributed by atoms with E-state index in [9.17, 15) is 29.1 Å². The van der Waals surface area contributed by atoms with Crippen molar-refractivity contribution >= 4 is 29.6 Å². The number of unbranched alkanes of at least 4 members (excludes halogenated alkanes) is 1. The van der Waals surface area contributed by atoms with E-state index in [1.54, 1.807) is 0 Å². The van der Waals surface area contributed by atoms with Crippen LogP contribution in [-0.2, 0) is 36.8 Å². The minimum atomic E-state index is -1.40. The van der Waals surface area contributed by atoms with E-state index < -0.39 is 41.4 Å². The largest absolute Gasteiger partial charge is 0.480 e. The molecule has 1 fully saturated rings. The second-order valence-electron chi connectivity index (χ2n) is 13.5. The van der Waals surface area contributed by atoms with E-state index >= 15 is 0 Å². The van der Waals surface area contributed by atoms with Crippen molar-refractivity contribution in [3.8, 4) is 0 Å². The molecule has 1 aliphatic rings. The molecule has 2 aromatic rings. The zero-order valence-electron chi connectivity index (χ0n) is 29.4. The van der Waals surface area contributed by atoms with Crippen LogP contribution in [0.25, 0.3) is 0 Å². The fraction of sp³-hybridized carbons (Fsp3) is 0.541. The van der Waals surface area contributed by atoms with Gasteiger partial charge in [0.15, 0.2) is 0 Å². The zero-order valence-corrected chi connectivity index (χ0v) is 29.4. The maximum Gasteiger partial charge on any atom is 0.323 e. The highest BCUT2D eigenvalue weighted by Gasteiger charge is 2.40. The van der Waals surface area contributed by atoms with E-state index in [0.29, 0.717) is 38.8 Å². The maximum atomic E-state index is 13.8. The van der Waals surface area contributed by atoms with Crippen LogP contribution in [0.15, 0.2) is 60.7 Å². The second kappa shape index (κ2) is 20.4. The predicted octanol–water partition coefficient (Wildman–Crippen LogP) is 1.10. The average Bonchev–Trinajstić information content (AvgIpc) is 3.09. The number of nitrogens with zero attached hydrogens (tertiary/aromatic N) is 1. The Labute approximate surface area is 295 Å². The summed E-state index contributed by atoms with van der Waals surface area (Å²) < 4.78 is 0. The SMILES string of the molecule is CC(C)CC(NC(=O)C(Cc1ccccc1)NC(=O)CNCCc1ccccc1)C(=O)NC(CCCCN)C(=O)N1CCC(N)(C(=O)O)CC1. The summed E-state index contributed by atoms with van der Waals surface area (Å²) in [6.07, 6.45) is 3.02. The fourth-order valence-electron chi connectivity index (χ4n) is 5.94. The van der Waals surface area contributed by atoms with Crippen LogP contribution in [-0.4, -0.2) is 96.0 Å². The van der Waals surface area contributed by atoms with Gasteiger partial charge in [0.2, 0.25) is 23.6 Å². The third kappa shape index (κ3) is 13.2. The fourth-order valence-corrected chi connectivity index (χ4v) is 5.94. The summed E-state index contributed by atoms with van der Waals surface area (Å²) in [7, 11) is 0. The summed E-state index contributed by atoms with van der Waals surface area (Å²) >= 11 is 0. The summed E-state index contributed by atoms with van der Waals surface area (Å²) in [5.74, 6) is -2.79. The van der Waals surface area contributed by atoms with Crippen molar-refractivity contribution in [3.63, 3.8) is 0 Å². The van der Waals surface area contributed by atoms with Crippen LogP contribution in [0.5, 0.6) is 0 Å². The first-order chi connectivity index (χ1) is 23.9. The van der Waals surface area contributed by atoms with Gasteiger partial charge in [-0.3, -0.25) is 24.0 Å². The number of benzene rings is 2. The Bertz CT molecular complexity index is 1380. The quantitative estimate of drug-likeness (QED) is 0.0990. The summed E-state index contributed by atoms with van der Waals surface area (Å²) in [5.41, 5.74) is 12.3. The number of amides is 4. The number of hydrogen-bond donors (Lipinski definition) is 7. The number of aliphatic carboxylic acids is 1. The van der Waals surface area contributed by atoms with Gasteiger partial charge in [0, 0.05) is 19.5 Å². The van der Waals surface area contributed by atoms with E-state index in [2.05, 4.69) is 21.3 Å². The number of hydrogen-bond acceptors (Lipinski definition) is 8. The van der Waals surface area contributed by atoms with Gasteiger partial charge in [0.25, 0.3) is 0 Å². The molecule has 0 spiro atoms. The molecule has 9 N–H and O–H groups in total. The first kappa shape index (κ1) is 40.1. The van der Waals surface area contributed by atoms with E-state index in [4.69, 9.17) is 11.5 Å². The van der Waals surface area contributed by atoms with Gasteiger partial charge in [0.1, 0.15) is 23.7 Å². The van der Waals surface area contributed by atoms with Crippen LogP contribution in [0.1, 0.15) is 63.5 Å². The number of nitrogens with two attached hydrogens (primary N) is 2. The number of likely N-dealkylation sites (tertiary alicyclic amines) is 1. The molecule has 0 aliphatic carbocycles. The number of carbonyl (C=O) groups is 5. The van der Waals surface area contributed by atoms with Crippen LogP contribution in [0.4, 0.5) is 0 Å². The molecule has 1 aliphatic heterocycles. The molecular weight excluding hydrogens is 638 g/mol. The van der Waals surface area contributed by atoms with E-state index in [-0.39, 0.29) is 56.6 Å². The van der Waals surface area contributed by atoms with Crippen LogP contribution in [0.3, 0.4) is 0 Å². The van der Waals surface area contributed by atoms with Gasteiger partial charge in [-0.2, -0.15) is 0 Å². The number of carboxylic acids is 1. The van der Waals surface area contributed by atoms with Gasteiger partial charge < -0.3 is 42.7 Å². The van der Waals surface area contributed by atoms with Crippen LogP contribution >= 0.6 is 0 Å². The van der Waals surface area contributed by atoms with Crippen molar-refractivity contribution in [3.05, 3.63) is 71.8 Å². The Hall–Kier alpha value is -4.33. The molecule has 3 rings (SSSR count). The molecule has 0 aromatic heterocycles. The summed E-state index contributed by atoms with van der Waals surface area (Å²) in [6.45, 7) is 5.18. The lowest BCUT2D eigenvalue weighted by Gasteiger charge is -2.38. The molecule has 2 aromatic carbocycles. The highest BCUT2D eigenvalue weighted by atomic mass is 16.4. The lowest BCUT2D eigenvalue weighted by molar-refractivity contribution is -0.148. The van der Waals surface area contributed by atoms with Crippen molar-refractivity contribution in [2.24, 2.45) is 17.4 Å². The monoisotopic (exact) mass is 693 g/mol. The van der Waals surface area contributed by atoms with E-state index in [0.717, 1.165) is 17.5 Å². The lowest BCUT2D eigenvalue weighted by atomic mass is 9.88. The van der Waals surface area contributed by atoms with Crippen LogP contribution in [0.2, 0.25) is 0 Å². The predicted molar refractivity (Wildman–Crippen MR) is 192 cm³/mol. The third-order valence-electron chi connectivity index (χ3n) is 8.95. The maximum absolute atomic E-state index is 13.8. The molecule has 0 radical (unpaired) electrons. The van der Waals surface area contributed by atoms with E-state index in [1.165, 1.54) is 4.90 Å². The minimum absolute atomic E-state index is 0.0160. The molecule has 13 nitrogen and oxygen atoms in total. The van der Waals surface area contributed by atoms with Crippen molar-refractivity contribution < 1.29 is 29.1 Å².